The molecule has 0 saturated heterocycles. The van der Waals surface area contributed by atoms with Crippen LogP contribution >= 0.6 is 22.9 Å². The van der Waals surface area contributed by atoms with Crippen LogP contribution in [0.3, 0.4) is 0 Å². The third kappa shape index (κ3) is 2.93. The average Bonchev–Trinajstić information content (AvgIpc) is 2.71. The van der Waals surface area contributed by atoms with E-state index in [1.807, 2.05) is 6.92 Å². The second-order valence-corrected chi connectivity index (χ2v) is 4.83. The summed E-state index contributed by atoms with van der Waals surface area (Å²) in [6.07, 6.45) is 0. The molecular weight excluding hydrogens is 276 g/mol. The zero-order valence-corrected chi connectivity index (χ0v) is 11.0. The molecule has 0 saturated carbocycles. The summed E-state index contributed by atoms with van der Waals surface area (Å²) in [6.45, 7) is 2.42. The van der Waals surface area contributed by atoms with Crippen LogP contribution in [0.1, 0.15) is 10.6 Å². The molecule has 0 bridgehead atoms. The number of hydrogen-bond acceptors (Lipinski definition) is 6. The van der Waals surface area contributed by atoms with Crippen LogP contribution in [0.4, 0.5) is 11.5 Å². The van der Waals surface area contributed by atoms with Gasteiger partial charge in [0.25, 0.3) is 5.69 Å². The van der Waals surface area contributed by atoms with Crippen LogP contribution < -0.4 is 5.32 Å². The maximum atomic E-state index is 10.7. The smallest absolute Gasteiger partial charge is 0.276 e. The Hall–Kier alpha value is -1.73. The van der Waals surface area contributed by atoms with Gasteiger partial charge in [-0.25, -0.2) is 9.97 Å². The van der Waals surface area contributed by atoms with Crippen LogP contribution in [-0.2, 0) is 6.54 Å². The quantitative estimate of drug-likeness (QED) is 0.530. The van der Waals surface area contributed by atoms with Crippen molar-refractivity contribution in [3.05, 3.63) is 43.5 Å². The van der Waals surface area contributed by atoms with Crippen LogP contribution in [0.25, 0.3) is 0 Å². The highest BCUT2D eigenvalue weighted by Crippen LogP contribution is 2.21. The molecule has 94 valence electrons. The predicted octanol–water partition coefficient (Wildman–Crippen LogP) is 3.02. The third-order valence-corrected chi connectivity index (χ3v) is 3.39. The molecule has 1 N–H and O–H groups in total. The molecule has 2 rings (SSSR count). The maximum Gasteiger partial charge on any atom is 0.276 e. The fourth-order valence-corrected chi connectivity index (χ4v) is 2.27. The Labute approximate surface area is 112 Å². The largest absolute Gasteiger partial charge is 0.365 e. The molecule has 0 unspecified atom stereocenters. The van der Waals surface area contributed by atoms with E-state index in [0.717, 1.165) is 10.6 Å². The number of thiazole rings is 1. The van der Waals surface area contributed by atoms with Gasteiger partial charge in [0, 0.05) is 4.88 Å². The summed E-state index contributed by atoms with van der Waals surface area (Å²) in [5.74, 6) is 0.377. The summed E-state index contributed by atoms with van der Waals surface area (Å²) in [7, 11) is 0. The second kappa shape index (κ2) is 5.28. The van der Waals surface area contributed by atoms with Gasteiger partial charge in [-0.3, -0.25) is 10.1 Å². The number of nitrogens with one attached hydrogen (secondary N) is 1. The fourth-order valence-electron chi connectivity index (χ4n) is 1.35. The summed E-state index contributed by atoms with van der Waals surface area (Å²) in [5.41, 5.74) is 2.60. The predicted molar refractivity (Wildman–Crippen MR) is 70.1 cm³/mol. The first-order valence-corrected chi connectivity index (χ1v) is 6.27. The molecule has 0 aliphatic heterocycles. The maximum absolute atomic E-state index is 10.7. The van der Waals surface area contributed by atoms with E-state index in [9.17, 15) is 10.1 Å². The number of aromatic nitrogens is 2. The Kier molecular flexibility index (Phi) is 3.73. The SMILES string of the molecule is Cc1ncsc1CNc1cc([N+](=O)[O-])cc(Cl)n1. The van der Waals surface area contributed by atoms with Gasteiger partial charge in [0.05, 0.1) is 34.8 Å². The molecule has 2 aromatic heterocycles. The van der Waals surface area contributed by atoms with E-state index in [2.05, 4.69) is 15.3 Å². The second-order valence-electron chi connectivity index (χ2n) is 3.50. The van der Waals surface area contributed by atoms with Crippen molar-refractivity contribution in [2.45, 2.75) is 13.5 Å². The van der Waals surface area contributed by atoms with Gasteiger partial charge < -0.3 is 5.32 Å². The highest BCUT2D eigenvalue weighted by atomic mass is 35.5. The lowest BCUT2D eigenvalue weighted by molar-refractivity contribution is -0.384. The lowest BCUT2D eigenvalue weighted by Crippen LogP contribution is -2.02. The van der Waals surface area contributed by atoms with Crippen molar-refractivity contribution >= 4 is 34.4 Å². The minimum atomic E-state index is -0.503. The van der Waals surface area contributed by atoms with Gasteiger partial charge in [-0.15, -0.1) is 11.3 Å². The van der Waals surface area contributed by atoms with Gasteiger partial charge in [0.15, 0.2) is 0 Å². The van der Waals surface area contributed by atoms with Crippen molar-refractivity contribution in [2.24, 2.45) is 0 Å². The van der Waals surface area contributed by atoms with Gasteiger partial charge in [0.2, 0.25) is 0 Å². The highest BCUT2D eigenvalue weighted by Gasteiger charge is 2.10. The molecule has 0 radical (unpaired) electrons. The van der Waals surface area contributed by atoms with Crippen LogP contribution in [0.15, 0.2) is 17.6 Å². The Morgan fingerprint density at radius 3 is 2.94 bits per heavy atom. The molecular formula is C10H9ClN4O2S. The molecule has 8 heteroatoms. The normalized spacial score (nSPS) is 10.3. The van der Waals surface area contributed by atoms with Crippen molar-refractivity contribution in [2.75, 3.05) is 5.32 Å². The van der Waals surface area contributed by atoms with Gasteiger partial charge in [0.1, 0.15) is 11.0 Å². The molecule has 0 spiro atoms. The number of anilines is 1. The van der Waals surface area contributed by atoms with Crippen molar-refractivity contribution in [1.29, 1.82) is 0 Å². The van der Waals surface area contributed by atoms with Gasteiger partial charge in [-0.05, 0) is 6.92 Å². The first kappa shape index (κ1) is 12.7. The molecule has 0 amide bonds. The summed E-state index contributed by atoms with van der Waals surface area (Å²) in [5, 5.41) is 13.8. The molecule has 6 nitrogen and oxygen atoms in total. The summed E-state index contributed by atoms with van der Waals surface area (Å²) < 4.78 is 0. The molecule has 2 heterocycles. The van der Waals surface area contributed by atoms with Crippen LogP contribution in [0.5, 0.6) is 0 Å². The fraction of sp³-hybridized carbons (Fsp3) is 0.200. The monoisotopic (exact) mass is 284 g/mol. The van der Waals surface area contributed by atoms with Crippen molar-refractivity contribution in [3.63, 3.8) is 0 Å². The van der Waals surface area contributed by atoms with E-state index in [-0.39, 0.29) is 10.8 Å². The van der Waals surface area contributed by atoms with Crippen LogP contribution in [-0.4, -0.2) is 14.9 Å². The number of pyridine rings is 1. The number of rotatable bonds is 4. The molecule has 0 aliphatic rings. The van der Waals surface area contributed by atoms with E-state index in [4.69, 9.17) is 11.6 Å². The molecule has 0 aromatic carbocycles. The summed E-state index contributed by atoms with van der Waals surface area (Å²) >= 11 is 7.24. The number of halogens is 1. The molecule has 0 atom stereocenters. The Balaban J connectivity index is 2.14. The van der Waals surface area contributed by atoms with Crippen molar-refractivity contribution in [1.82, 2.24) is 9.97 Å². The van der Waals surface area contributed by atoms with Gasteiger partial charge >= 0.3 is 0 Å². The van der Waals surface area contributed by atoms with Gasteiger partial charge in [-0.2, -0.15) is 0 Å². The highest BCUT2D eigenvalue weighted by molar-refractivity contribution is 7.09. The average molecular weight is 285 g/mol. The zero-order chi connectivity index (χ0) is 13.1. The molecule has 2 aromatic rings. The van der Waals surface area contributed by atoms with Crippen molar-refractivity contribution < 1.29 is 4.92 Å². The molecule has 0 aliphatic carbocycles. The lowest BCUT2D eigenvalue weighted by Gasteiger charge is -2.04. The molecule has 18 heavy (non-hydrogen) atoms. The first-order valence-electron chi connectivity index (χ1n) is 5.01. The number of nitro groups is 1. The number of hydrogen-bond donors (Lipinski definition) is 1. The third-order valence-electron chi connectivity index (χ3n) is 2.26. The summed E-state index contributed by atoms with van der Waals surface area (Å²) in [4.78, 5) is 19.3. The Bertz CT molecular complexity index is 587. The Morgan fingerprint density at radius 1 is 1.56 bits per heavy atom. The van der Waals surface area contributed by atoms with E-state index >= 15 is 0 Å². The van der Waals surface area contributed by atoms with Crippen LogP contribution in [0.2, 0.25) is 5.15 Å². The van der Waals surface area contributed by atoms with Crippen molar-refractivity contribution in [3.8, 4) is 0 Å². The van der Waals surface area contributed by atoms with Gasteiger partial charge in [-0.1, -0.05) is 11.6 Å². The van der Waals surface area contributed by atoms with E-state index < -0.39 is 4.92 Å². The minimum Gasteiger partial charge on any atom is -0.365 e. The van der Waals surface area contributed by atoms with E-state index in [1.165, 1.54) is 23.5 Å². The zero-order valence-electron chi connectivity index (χ0n) is 9.38. The topological polar surface area (TPSA) is 81.0 Å². The van der Waals surface area contributed by atoms with Crippen LogP contribution in [0, 0.1) is 17.0 Å². The lowest BCUT2D eigenvalue weighted by atomic mass is 10.3. The summed E-state index contributed by atoms with van der Waals surface area (Å²) in [6, 6.07) is 2.56. The Morgan fingerprint density at radius 2 is 2.33 bits per heavy atom. The van der Waals surface area contributed by atoms with E-state index in [0.29, 0.717) is 12.4 Å². The molecule has 0 fully saturated rings. The number of aryl methyl sites for hydroxylation is 1. The van der Waals surface area contributed by atoms with E-state index in [1.54, 1.807) is 5.51 Å². The minimum absolute atomic E-state index is 0.0847. The first-order chi connectivity index (χ1) is 8.56. The standard InChI is InChI=1S/C10H9ClN4O2S/c1-6-8(18-5-13-6)4-12-10-3-7(15(16)17)2-9(11)14-10/h2-3,5H,4H2,1H3,(H,12,14). The number of nitrogens with zero attached hydrogens (tertiary/aromatic N) is 3.